The van der Waals surface area contributed by atoms with Gasteiger partial charge in [-0.1, -0.05) is 28.1 Å². The second-order valence-corrected chi connectivity index (χ2v) is 5.55. The molecule has 0 bridgehead atoms. The lowest BCUT2D eigenvalue weighted by Crippen LogP contribution is -2.51. The molecule has 1 saturated carbocycles. The van der Waals surface area contributed by atoms with Crippen LogP contribution in [-0.2, 0) is 9.53 Å². The number of halogens is 1. The smallest absolute Gasteiger partial charge is 0.169 e. The number of carbonyl (C=O) groups excluding carboxylic acids is 1. The van der Waals surface area contributed by atoms with Crippen LogP contribution in [0, 0.1) is 0 Å². The molecule has 0 saturated heterocycles. The van der Waals surface area contributed by atoms with Crippen LogP contribution in [0.2, 0.25) is 0 Å². The Morgan fingerprint density at radius 3 is 2.63 bits per heavy atom. The third-order valence-electron chi connectivity index (χ3n) is 3.37. The molecular formula is C15H13BrO3. The van der Waals surface area contributed by atoms with Crippen LogP contribution >= 0.6 is 15.9 Å². The van der Waals surface area contributed by atoms with Gasteiger partial charge in [0.1, 0.15) is 11.9 Å². The molecule has 0 amide bonds. The van der Waals surface area contributed by atoms with E-state index in [1.165, 1.54) is 7.11 Å². The number of Topliss-reactive ketones (excluding diaryl/α,β-unsaturated/α-hetero) is 1. The summed E-state index contributed by atoms with van der Waals surface area (Å²) in [5.74, 6) is 0.881. The number of rotatable bonds is 3. The zero-order valence-corrected chi connectivity index (χ0v) is 12.0. The summed E-state index contributed by atoms with van der Waals surface area (Å²) in [4.78, 5) is 11.3. The highest BCUT2D eigenvalue weighted by atomic mass is 79.9. The van der Waals surface area contributed by atoms with E-state index in [0.29, 0.717) is 6.42 Å². The number of hydrogen-bond donors (Lipinski definition) is 0. The van der Waals surface area contributed by atoms with Crippen molar-refractivity contribution in [3.8, 4) is 5.75 Å². The Hall–Kier alpha value is -1.39. The van der Waals surface area contributed by atoms with E-state index in [4.69, 9.17) is 9.47 Å². The van der Waals surface area contributed by atoms with E-state index < -0.39 is 6.10 Å². The molecule has 98 valence electrons. The zero-order chi connectivity index (χ0) is 13.4. The van der Waals surface area contributed by atoms with E-state index in [0.717, 1.165) is 21.0 Å². The van der Waals surface area contributed by atoms with Crippen molar-refractivity contribution >= 4 is 32.5 Å². The summed E-state index contributed by atoms with van der Waals surface area (Å²) in [7, 11) is 1.54. The van der Waals surface area contributed by atoms with Gasteiger partial charge in [0.05, 0.1) is 0 Å². The number of benzene rings is 2. The van der Waals surface area contributed by atoms with Gasteiger partial charge in [-0.15, -0.1) is 0 Å². The minimum Gasteiger partial charge on any atom is -0.487 e. The molecule has 0 radical (unpaired) electrons. The highest BCUT2D eigenvalue weighted by Gasteiger charge is 2.41. The maximum Gasteiger partial charge on any atom is 0.169 e. The number of ether oxygens (including phenoxy) is 2. The highest BCUT2D eigenvalue weighted by molar-refractivity contribution is 9.10. The lowest BCUT2D eigenvalue weighted by atomic mass is 9.90. The Morgan fingerprint density at radius 1 is 1.16 bits per heavy atom. The van der Waals surface area contributed by atoms with E-state index >= 15 is 0 Å². The predicted molar refractivity (Wildman–Crippen MR) is 76.5 cm³/mol. The molecule has 4 heteroatoms. The quantitative estimate of drug-likeness (QED) is 0.870. The van der Waals surface area contributed by atoms with Gasteiger partial charge in [0.2, 0.25) is 0 Å². The van der Waals surface area contributed by atoms with E-state index in [1.807, 2.05) is 30.3 Å². The van der Waals surface area contributed by atoms with E-state index in [1.54, 1.807) is 0 Å². The van der Waals surface area contributed by atoms with Crippen LogP contribution in [0.1, 0.15) is 6.42 Å². The van der Waals surface area contributed by atoms with Crippen molar-refractivity contribution < 1.29 is 14.3 Å². The summed E-state index contributed by atoms with van der Waals surface area (Å²) in [6, 6.07) is 12.0. The normalized spacial score (nSPS) is 22.3. The van der Waals surface area contributed by atoms with Gasteiger partial charge in [0, 0.05) is 18.0 Å². The van der Waals surface area contributed by atoms with E-state index in [2.05, 4.69) is 22.0 Å². The summed E-state index contributed by atoms with van der Waals surface area (Å²) >= 11 is 3.45. The van der Waals surface area contributed by atoms with Crippen molar-refractivity contribution in [1.82, 2.24) is 0 Å². The second kappa shape index (κ2) is 4.94. The summed E-state index contributed by atoms with van der Waals surface area (Å²) in [5, 5.41) is 2.26. The van der Waals surface area contributed by atoms with Crippen molar-refractivity contribution in [3.63, 3.8) is 0 Å². The molecule has 2 aromatic rings. The topological polar surface area (TPSA) is 35.5 Å². The average Bonchev–Trinajstić information content (AvgIpc) is 2.38. The van der Waals surface area contributed by atoms with Gasteiger partial charge < -0.3 is 9.47 Å². The van der Waals surface area contributed by atoms with Crippen LogP contribution < -0.4 is 4.74 Å². The third-order valence-corrected chi connectivity index (χ3v) is 3.87. The Balaban J connectivity index is 1.82. The molecule has 2 atom stereocenters. The van der Waals surface area contributed by atoms with Gasteiger partial charge in [-0.25, -0.2) is 0 Å². The first-order valence-electron chi connectivity index (χ1n) is 6.09. The van der Waals surface area contributed by atoms with Crippen molar-refractivity contribution in [1.29, 1.82) is 0 Å². The van der Waals surface area contributed by atoms with Gasteiger partial charge in [0.25, 0.3) is 0 Å². The maximum absolute atomic E-state index is 11.3. The summed E-state index contributed by atoms with van der Waals surface area (Å²) in [5.41, 5.74) is 0. The molecule has 3 rings (SSSR count). The summed E-state index contributed by atoms with van der Waals surface area (Å²) in [6.45, 7) is 0. The molecule has 0 aliphatic heterocycles. The van der Waals surface area contributed by atoms with Gasteiger partial charge in [-0.3, -0.25) is 4.79 Å². The number of fused-ring (bicyclic) bond motifs is 1. The van der Waals surface area contributed by atoms with Crippen LogP contribution in [-0.4, -0.2) is 25.1 Å². The van der Waals surface area contributed by atoms with E-state index in [-0.39, 0.29) is 11.9 Å². The van der Waals surface area contributed by atoms with Crippen LogP contribution in [0.5, 0.6) is 5.75 Å². The lowest BCUT2D eigenvalue weighted by molar-refractivity contribution is -0.150. The van der Waals surface area contributed by atoms with Crippen molar-refractivity contribution in [2.75, 3.05) is 7.11 Å². The van der Waals surface area contributed by atoms with Crippen molar-refractivity contribution in [2.45, 2.75) is 18.6 Å². The Morgan fingerprint density at radius 2 is 1.89 bits per heavy atom. The third kappa shape index (κ3) is 2.38. The molecule has 0 spiro atoms. The molecule has 0 aromatic heterocycles. The van der Waals surface area contributed by atoms with Crippen molar-refractivity contribution in [2.24, 2.45) is 0 Å². The molecule has 0 heterocycles. The van der Waals surface area contributed by atoms with Crippen molar-refractivity contribution in [3.05, 3.63) is 40.9 Å². The average molecular weight is 321 g/mol. The van der Waals surface area contributed by atoms with Gasteiger partial charge >= 0.3 is 0 Å². The SMILES string of the molecule is COC1C(=O)CC1Oc1ccc2cc(Br)ccc2c1. The molecular weight excluding hydrogens is 308 g/mol. The zero-order valence-electron chi connectivity index (χ0n) is 10.4. The molecule has 1 fully saturated rings. The molecule has 3 nitrogen and oxygen atoms in total. The first-order chi connectivity index (χ1) is 9.17. The molecule has 2 unspecified atom stereocenters. The first-order valence-corrected chi connectivity index (χ1v) is 6.88. The van der Waals surface area contributed by atoms with Gasteiger partial charge in [-0.05, 0) is 35.0 Å². The molecule has 2 aromatic carbocycles. The lowest BCUT2D eigenvalue weighted by Gasteiger charge is -2.33. The molecule has 1 aliphatic rings. The van der Waals surface area contributed by atoms with Crippen LogP contribution in [0.4, 0.5) is 0 Å². The summed E-state index contributed by atoms with van der Waals surface area (Å²) < 4.78 is 12.0. The fourth-order valence-electron chi connectivity index (χ4n) is 2.30. The summed E-state index contributed by atoms with van der Waals surface area (Å²) in [6.07, 6.45) is -0.150. The Bertz CT molecular complexity index is 638. The number of ketones is 1. The molecule has 1 aliphatic carbocycles. The standard InChI is InChI=1S/C15H13BrO3/c1-18-15-13(17)8-14(15)19-12-5-3-9-6-11(16)4-2-10(9)7-12/h2-7,14-15H,8H2,1H3. The monoisotopic (exact) mass is 320 g/mol. The molecule has 19 heavy (non-hydrogen) atoms. The fourth-order valence-corrected chi connectivity index (χ4v) is 2.68. The maximum atomic E-state index is 11.3. The van der Waals surface area contributed by atoms with E-state index in [9.17, 15) is 4.79 Å². The fraction of sp³-hybridized carbons (Fsp3) is 0.267. The minimum atomic E-state index is -0.416. The van der Waals surface area contributed by atoms with Gasteiger partial charge in [-0.2, -0.15) is 0 Å². The number of carbonyl (C=O) groups is 1. The number of methoxy groups -OCH3 is 1. The van der Waals surface area contributed by atoms with Gasteiger partial charge in [0.15, 0.2) is 11.9 Å². The number of hydrogen-bond acceptors (Lipinski definition) is 3. The van der Waals surface area contributed by atoms with Crippen LogP contribution in [0.3, 0.4) is 0 Å². The largest absolute Gasteiger partial charge is 0.487 e. The predicted octanol–water partition coefficient (Wildman–Crippen LogP) is 3.34. The highest BCUT2D eigenvalue weighted by Crippen LogP contribution is 2.28. The second-order valence-electron chi connectivity index (χ2n) is 4.64. The Labute approximate surface area is 119 Å². The molecule has 0 N–H and O–H groups in total. The minimum absolute atomic E-state index is 0.109. The van der Waals surface area contributed by atoms with Crippen LogP contribution in [0.15, 0.2) is 40.9 Å². The first kappa shape index (κ1) is 12.6. The Kier molecular flexibility index (Phi) is 3.29. The van der Waals surface area contributed by atoms with Crippen LogP contribution in [0.25, 0.3) is 10.8 Å².